The zero-order valence-corrected chi connectivity index (χ0v) is 20.5. The van der Waals surface area contributed by atoms with Crippen molar-refractivity contribution in [1.29, 1.82) is 0 Å². The van der Waals surface area contributed by atoms with Gasteiger partial charge in [-0.1, -0.05) is 23.2 Å². The van der Waals surface area contributed by atoms with Gasteiger partial charge in [0.2, 0.25) is 0 Å². The number of carbonyl (C=O) groups excluding carboxylic acids is 1. The van der Waals surface area contributed by atoms with Crippen molar-refractivity contribution in [1.82, 2.24) is 14.8 Å². The van der Waals surface area contributed by atoms with Gasteiger partial charge in [-0.15, -0.1) is 0 Å². The van der Waals surface area contributed by atoms with Gasteiger partial charge in [-0.2, -0.15) is 5.10 Å². The van der Waals surface area contributed by atoms with Crippen LogP contribution >= 0.6 is 23.2 Å². The molecular formula is C25H27Cl2N3O3. The van der Waals surface area contributed by atoms with E-state index in [9.17, 15) is 4.79 Å². The molecule has 6 nitrogen and oxygen atoms in total. The van der Waals surface area contributed by atoms with E-state index in [2.05, 4.69) is 10.1 Å². The number of aryl methyl sites for hydroxylation is 1. The van der Waals surface area contributed by atoms with E-state index in [0.29, 0.717) is 47.0 Å². The summed E-state index contributed by atoms with van der Waals surface area (Å²) in [5.41, 5.74) is 1.79. The number of nitrogens with zero attached hydrogens (tertiary/aromatic N) is 3. The molecule has 3 aromatic rings. The van der Waals surface area contributed by atoms with Crippen LogP contribution in [0.15, 0.2) is 36.4 Å². The van der Waals surface area contributed by atoms with Crippen LogP contribution in [0.4, 0.5) is 0 Å². The van der Waals surface area contributed by atoms with Gasteiger partial charge in [0, 0.05) is 23.6 Å². The number of carbonyl (C=O) groups is 1. The fraction of sp³-hybridized carbons (Fsp3) is 0.400. The van der Waals surface area contributed by atoms with E-state index in [1.165, 1.54) is 0 Å². The molecule has 174 valence electrons. The summed E-state index contributed by atoms with van der Waals surface area (Å²) in [6.45, 7) is 7.09. The first kappa shape index (κ1) is 23.6. The summed E-state index contributed by atoms with van der Waals surface area (Å²) in [7, 11) is 0. The Labute approximate surface area is 203 Å². The first-order valence-electron chi connectivity index (χ1n) is 11.2. The number of halogens is 2. The van der Waals surface area contributed by atoms with E-state index in [0.717, 1.165) is 23.3 Å². The molecule has 2 heterocycles. The predicted molar refractivity (Wildman–Crippen MR) is 130 cm³/mol. The molecule has 0 saturated heterocycles. The van der Waals surface area contributed by atoms with E-state index >= 15 is 0 Å². The Morgan fingerprint density at radius 1 is 1.24 bits per heavy atom. The predicted octanol–water partition coefficient (Wildman–Crippen LogP) is 6.13. The monoisotopic (exact) mass is 487 g/mol. The van der Waals surface area contributed by atoms with Crippen molar-refractivity contribution in [3.8, 4) is 22.9 Å². The van der Waals surface area contributed by atoms with Gasteiger partial charge in [0.15, 0.2) is 5.82 Å². The fourth-order valence-corrected chi connectivity index (χ4v) is 4.38. The van der Waals surface area contributed by atoms with Gasteiger partial charge in [0.05, 0.1) is 24.2 Å². The molecule has 0 N–H and O–H groups in total. The topological polar surface area (TPSA) is 66.2 Å². The van der Waals surface area contributed by atoms with Crippen molar-refractivity contribution in [3.63, 3.8) is 0 Å². The molecule has 0 saturated carbocycles. The van der Waals surface area contributed by atoms with Gasteiger partial charge in [-0.05, 0) is 75.1 Å². The van der Waals surface area contributed by atoms with Crippen LogP contribution in [0.5, 0.6) is 11.5 Å². The second kappa shape index (κ2) is 10.1. The van der Waals surface area contributed by atoms with Gasteiger partial charge >= 0.3 is 0 Å². The molecule has 0 radical (unpaired) electrons. The molecular weight excluding hydrogens is 461 g/mol. The number of benzene rings is 2. The summed E-state index contributed by atoms with van der Waals surface area (Å²) < 4.78 is 13.3. The molecule has 0 amide bonds. The Kier molecular flexibility index (Phi) is 7.25. The molecule has 1 aromatic heterocycles. The minimum atomic E-state index is -0.00251. The third kappa shape index (κ3) is 5.50. The Morgan fingerprint density at radius 3 is 2.82 bits per heavy atom. The maximum absolute atomic E-state index is 13.0. The number of ether oxygens (including phenoxy) is 2. The van der Waals surface area contributed by atoms with E-state index in [1.807, 2.05) is 51.1 Å². The standard InChI is InChI=1S/C25H27Cl2N3O3/c1-4-30-24(28-25(29-30)17-5-7-21(27)23(12-17)33-15(2)3)14-19(31)11-16-9-10-32-22-8-6-18(26)13-20(16)22/h5-8,12-13,15-16H,4,9-11,14H2,1-3H3/t16-/m0/s1. The van der Waals surface area contributed by atoms with E-state index in [-0.39, 0.29) is 24.2 Å². The highest BCUT2D eigenvalue weighted by molar-refractivity contribution is 6.32. The normalized spacial score (nSPS) is 15.3. The number of fused-ring (bicyclic) bond motifs is 1. The van der Waals surface area contributed by atoms with Gasteiger partial charge in [-0.3, -0.25) is 4.79 Å². The van der Waals surface area contributed by atoms with Crippen LogP contribution in [0.25, 0.3) is 11.4 Å². The summed E-state index contributed by atoms with van der Waals surface area (Å²) in [6, 6.07) is 11.1. The summed E-state index contributed by atoms with van der Waals surface area (Å²) in [5, 5.41) is 5.80. The molecule has 0 bridgehead atoms. The lowest BCUT2D eigenvalue weighted by molar-refractivity contribution is -0.119. The zero-order chi connectivity index (χ0) is 23.5. The van der Waals surface area contributed by atoms with Crippen molar-refractivity contribution in [3.05, 3.63) is 57.8 Å². The zero-order valence-electron chi connectivity index (χ0n) is 19.0. The van der Waals surface area contributed by atoms with Crippen molar-refractivity contribution >= 4 is 29.0 Å². The van der Waals surface area contributed by atoms with Crippen LogP contribution in [-0.2, 0) is 17.8 Å². The average molecular weight is 488 g/mol. The first-order chi connectivity index (χ1) is 15.8. The highest BCUT2D eigenvalue weighted by Gasteiger charge is 2.25. The molecule has 0 unspecified atom stereocenters. The van der Waals surface area contributed by atoms with E-state index in [1.54, 1.807) is 10.7 Å². The van der Waals surface area contributed by atoms with Crippen molar-refractivity contribution in [2.75, 3.05) is 6.61 Å². The number of aromatic nitrogens is 3. The molecule has 2 aromatic carbocycles. The van der Waals surface area contributed by atoms with Crippen LogP contribution in [0.2, 0.25) is 10.0 Å². The van der Waals surface area contributed by atoms with E-state index < -0.39 is 0 Å². The number of hydrogen-bond acceptors (Lipinski definition) is 5. The number of hydrogen-bond donors (Lipinski definition) is 0. The molecule has 0 fully saturated rings. The molecule has 1 atom stereocenters. The minimum Gasteiger partial charge on any atom is -0.493 e. The Morgan fingerprint density at radius 2 is 2.06 bits per heavy atom. The number of rotatable bonds is 8. The van der Waals surface area contributed by atoms with Gasteiger partial charge in [0.1, 0.15) is 23.1 Å². The van der Waals surface area contributed by atoms with Crippen molar-refractivity contribution in [2.45, 2.75) is 58.6 Å². The minimum absolute atomic E-state index is 0.00251. The van der Waals surface area contributed by atoms with Crippen LogP contribution in [-0.4, -0.2) is 33.3 Å². The van der Waals surface area contributed by atoms with Crippen LogP contribution < -0.4 is 9.47 Å². The van der Waals surface area contributed by atoms with Crippen LogP contribution in [0.1, 0.15) is 50.9 Å². The molecule has 1 aliphatic heterocycles. The molecule has 8 heteroatoms. The molecule has 33 heavy (non-hydrogen) atoms. The number of ketones is 1. The maximum atomic E-state index is 13.0. The quantitative estimate of drug-likeness (QED) is 0.382. The average Bonchev–Trinajstić information content (AvgIpc) is 3.18. The van der Waals surface area contributed by atoms with Gasteiger partial charge in [-0.25, -0.2) is 9.67 Å². The van der Waals surface area contributed by atoms with Crippen molar-refractivity contribution < 1.29 is 14.3 Å². The van der Waals surface area contributed by atoms with Crippen molar-refractivity contribution in [2.24, 2.45) is 0 Å². The second-order valence-corrected chi connectivity index (χ2v) is 9.26. The third-order valence-corrected chi connectivity index (χ3v) is 6.11. The number of Topliss-reactive ketones (excluding diaryl/α,β-unsaturated/α-hetero) is 1. The van der Waals surface area contributed by atoms with E-state index in [4.69, 9.17) is 32.7 Å². The second-order valence-electron chi connectivity index (χ2n) is 8.41. The Hall–Kier alpha value is -2.57. The molecule has 1 aliphatic rings. The smallest absolute Gasteiger partial charge is 0.181 e. The SMILES string of the molecule is CCn1nc(-c2ccc(Cl)c(OC(C)C)c2)nc1CC(=O)C[C@@H]1CCOc2ccc(Cl)cc21. The highest BCUT2D eigenvalue weighted by atomic mass is 35.5. The third-order valence-electron chi connectivity index (χ3n) is 5.56. The Balaban J connectivity index is 1.52. The lowest BCUT2D eigenvalue weighted by Crippen LogP contribution is -2.19. The maximum Gasteiger partial charge on any atom is 0.181 e. The van der Waals surface area contributed by atoms with Gasteiger partial charge in [0.25, 0.3) is 0 Å². The summed E-state index contributed by atoms with van der Waals surface area (Å²) in [4.78, 5) is 17.7. The lowest BCUT2D eigenvalue weighted by Gasteiger charge is -2.25. The molecule has 0 spiro atoms. The largest absolute Gasteiger partial charge is 0.493 e. The first-order valence-corrected chi connectivity index (χ1v) is 11.9. The fourth-order valence-electron chi connectivity index (χ4n) is 4.04. The lowest BCUT2D eigenvalue weighted by atomic mass is 9.88. The highest BCUT2D eigenvalue weighted by Crippen LogP contribution is 2.37. The van der Waals surface area contributed by atoms with Crippen LogP contribution in [0, 0.1) is 0 Å². The summed E-state index contributed by atoms with van der Waals surface area (Å²) in [5.74, 6) is 2.80. The van der Waals surface area contributed by atoms with Gasteiger partial charge < -0.3 is 9.47 Å². The van der Waals surface area contributed by atoms with Crippen LogP contribution in [0.3, 0.4) is 0 Å². The summed E-state index contributed by atoms with van der Waals surface area (Å²) >= 11 is 12.4. The molecule has 4 rings (SSSR count). The molecule has 0 aliphatic carbocycles. The Bertz CT molecular complexity index is 1160. The summed E-state index contributed by atoms with van der Waals surface area (Å²) in [6.07, 6.45) is 1.42.